The topological polar surface area (TPSA) is 74.3 Å². The van der Waals surface area contributed by atoms with Crippen molar-refractivity contribution in [3.63, 3.8) is 0 Å². The lowest BCUT2D eigenvalue weighted by Gasteiger charge is -2.16. The minimum Gasteiger partial charge on any atom is -0.464 e. The lowest BCUT2D eigenvalue weighted by Crippen LogP contribution is -2.26. The second-order valence-corrected chi connectivity index (χ2v) is 8.07. The molecule has 2 unspecified atom stereocenters. The largest absolute Gasteiger partial charge is 0.464 e. The third-order valence-electron chi connectivity index (χ3n) is 4.23. The van der Waals surface area contributed by atoms with Crippen LogP contribution in [0.3, 0.4) is 0 Å². The predicted octanol–water partition coefficient (Wildman–Crippen LogP) is 3.10. The Bertz CT molecular complexity index is 847. The highest BCUT2D eigenvalue weighted by Gasteiger charge is 2.36. The lowest BCUT2D eigenvalue weighted by molar-refractivity contribution is 0.390. The Hall–Kier alpha value is -2.10. The molecule has 1 heterocycles. The highest BCUT2D eigenvalue weighted by atomic mass is 32.2. The smallest absolute Gasteiger partial charge is 0.243 e. The SMILES string of the molecule is CC1CC1c1ccc(CN(C)S(=O)(=O)c2ccc(C#N)cc2)o1. The van der Waals surface area contributed by atoms with Crippen molar-refractivity contribution in [3.05, 3.63) is 53.5 Å². The molecule has 1 saturated carbocycles. The Kier molecular flexibility index (Phi) is 4.00. The Balaban J connectivity index is 1.74. The fraction of sp³-hybridized carbons (Fsp3) is 0.353. The van der Waals surface area contributed by atoms with Gasteiger partial charge in [-0.25, -0.2) is 8.42 Å². The molecule has 0 aliphatic heterocycles. The molecule has 0 amide bonds. The van der Waals surface area contributed by atoms with Crippen LogP contribution in [0.5, 0.6) is 0 Å². The second kappa shape index (κ2) is 5.84. The molecule has 1 aliphatic rings. The van der Waals surface area contributed by atoms with Gasteiger partial charge in [0.15, 0.2) is 0 Å². The van der Waals surface area contributed by atoms with E-state index in [1.807, 2.05) is 18.2 Å². The van der Waals surface area contributed by atoms with Crippen LogP contribution in [0.25, 0.3) is 0 Å². The number of nitrogens with zero attached hydrogens (tertiary/aromatic N) is 2. The maximum absolute atomic E-state index is 12.5. The zero-order valence-corrected chi connectivity index (χ0v) is 13.9. The zero-order valence-electron chi connectivity index (χ0n) is 13.1. The Morgan fingerprint density at radius 1 is 1.26 bits per heavy atom. The molecule has 2 atom stereocenters. The van der Waals surface area contributed by atoms with Crippen molar-refractivity contribution in [2.75, 3.05) is 7.05 Å². The molecule has 3 rings (SSSR count). The van der Waals surface area contributed by atoms with E-state index >= 15 is 0 Å². The highest BCUT2D eigenvalue weighted by Crippen LogP contribution is 2.47. The Labute approximate surface area is 136 Å². The van der Waals surface area contributed by atoms with Crippen LogP contribution in [0, 0.1) is 17.2 Å². The first-order valence-electron chi connectivity index (χ1n) is 7.47. The van der Waals surface area contributed by atoms with Crippen molar-refractivity contribution in [1.29, 1.82) is 5.26 Å². The quantitative estimate of drug-likeness (QED) is 0.844. The summed E-state index contributed by atoms with van der Waals surface area (Å²) in [7, 11) is -2.08. The number of sulfonamides is 1. The first-order valence-corrected chi connectivity index (χ1v) is 8.91. The maximum atomic E-state index is 12.5. The number of nitriles is 1. The van der Waals surface area contributed by atoms with Crippen LogP contribution in [0.15, 0.2) is 45.7 Å². The molecule has 23 heavy (non-hydrogen) atoms. The molecule has 0 spiro atoms. The number of hydrogen-bond acceptors (Lipinski definition) is 4. The summed E-state index contributed by atoms with van der Waals surface area (Å²) < 4.78 is 32.1. The molecule has 0 N–H and O–H groups in total. The molecule has 6 heteroatoms. The van der Waals surface area contributed by atoms with Crippen molar-refractivity contribution < 1.29 is 12.8 Å². The van der Waals surface area contributed by atoms with Gasteiger partial charge in [-0.05, 0) is 48.7 Å². The molecular formula is C17H18N2O3S. The van der Waals surface area contributed by atoms with Crippen LogP contribution in [-0.2, 0) is 16.6 Å². The van der Waals surface area contributed by atoms with E-state index in [2.05, 4.69) is 6.92 Å². The molecular weight excluding hydrogens is 312 g/mol. The molecule has 120 valence electrons. The van der Waals surface area contributed by atoms with E-state index in [0.717, 1.165) is 12.2 Å². The minimum absolute atomic E-state index is 0.168. The second-order valence-electron chi connectivity index (χ2n) is 6.02. The van der Waals surface area contributed by atoms with Crippen LogP contribution in [0.4, 0.5) is 0 Å². The maximum Gasteiger partial charge on any atom is 0.243 e. The Morgan fingerprint density at radius 3 is 2.48 bits per heavy atom. The van der Waals surface area contributed by atoms with E-state index < -0.39 is 10.0 Å². The van der Waals surface area contributed by atoms with Gasteiger partial charge in [0, 0.05) is 13.0 Å². The normalized spacial score (nSPS) is 20.4. The molecule has 0 bridgehead atoms. The first-order chi connectivity index (χ1) is 10.9. The van der Waals surface area contributed by atoms with Crippen molar-refractivity contribution in [2.24, 2.45) is 5.92 Å². The van der Waals surface area contributed by atoms with E-state index in [9.17, 15) is 8.42 Å². The van der Waals surface area contributed by atoms with Crippen molar-refractivity contribution in [2.45, 2.75) is 30.7 Å². The number of furan rings is 1. The van der Waals surface area contributed by atoms with Gasteiger partial charge in [-0.1, -0.05) is 6.92 Å². The van der Waals surface area contributed by atoms with Gasteiger partial charge in [-0.2, -0.15) is 9.57 Å². The van der Waals surface area contributed by atoms with E-state index in [-0.39, 0.29) is 11.4 Å². The van der Waals surface area contributed by atoms with Crippen LogP contribution in [-0.4, -0.2) is 19.8 Å². The summed E-state index contributed by atoms with van der Waals surface area (Å²) in [5.41, 5.74) is 0.431. The third kappa shape index (κ3) is 3.16. The van der Waals surface area contributed by atoms with Gasteiger partial charge in [-0.15, -0.1) is 0 Å². The highest BCUT2D eigenvalue weighted by molar-refractivity contribution is 7.89. The van der Waals surface area contributed by atoms with Gasteiger partial charge >= 0.3 is 0 Å². The van der Waals surface area contributed by atoms with Gasteiger partial charge in [0.25, 0.3) is 0 Å². The molecule has 1 aliphatic carbocycles. The molecule has 0 saturated heterocycles. The summed E-state index contributed by atoms with van der Waals surface area (Å²) in [4.78, 5) is 0.168. The fourth-order valence-corrected chi connectivity index (χ4v) is 3.72. The summed E-state index contributed by atoms with van der Waals surface area (Å²) in [6.07, 6.45) is 1.13. The van der Waals surface area contributed by atoms with E-state index in [0.29, 0.717) is 23.2 Å². The summed E-state index contributed by atoms with van der Waals surface area (Å²) >= 11 is 0. The van der Waals surface area contributed by atoms with Gasteiger partial charge in [0.2, 0.25) is 10.0 Å². The van der Waals surface area contributed by atoms with Gasteiger partial charge in [0.1, 0.15) is 11.5 Å². The van der Waals surface area contributed by atoms with Crippen LogP contribution >= 0.6 is 0 Å². The van der Waals surface area contributed by atoms with Crippen LogP contribution < -0.4 is 0 Å². The van der Waals surface area contributed by atoms with Gasteiger partial charge in [-0.3, -0.25) is 0 Å². The molecule has 1 fully saturated rings. The fourth-order valence-electron chi connectivity index (χ4n) is 2.58. The van der Waals surface area contributed by atoms with Crippen molar-refractivity contribution in [3.8, 4) is 6.07 Å². The molecule has 5 nitrogen and oxygen atoms in total. The Morgan fingerprint density at radius 2 is 1.91 bits per heavy atom. The number of benzene rings is 1. The van der Waals surface area contributed by atoms with E-state index in [1.54, 1.807) is 0 Å². The summed E-state index contributed by atoms with van der Waals surface area (Å²) in [5, 5.41) is 8.78. The van der Waals surface area contributed by atoms with Gasteiger partial charge < -0.3 is 4.42 Å². The van der Waals surface area contributed by atoms with Crippen molar-refractivity contribution in [1.82, 2.24) is 4.31 Å². The summed E-state index contributed by atoms with van der Waals surface area (Å²) in [5.74, 6) is 2.70. The number of hydrogen-bond donors (Lipinski definition) is 0. The minimum atomic E-state index is -3.60. The van der Waals surface area contributed by atoms with Crippen LogP contribution in [0.2, 0.25) is 0 Å². The van der Waals surface area contributed by atoms with E-state index in [1.165, 1.54) is 35.6 Å². The van der Waals surface area contributed by atoms with Crippen molar-refractivity contribution >= 4 is 10.0 Å². The average molecular weight is 330 g/mol. The van der Waals surface area contributed by atoms with E-state index in [4.69, 9.17) is 9.68 Å². The average Bonchev–Trinajstić information content (AvgIpc) is 3.09. The predicted molar refractivity (Wildman–Crippen MR) is 85.0 cm³/mol. The monoisotopic (exact) mass is 330 g/mol. The lowest BCUT2D eigenvalue weighted by atomic mass is 10.2. The first kappa shape index (κ1) is 15.8. The molecule has 0 radical (unpaired) electrons. The zero-order chi connectivity index (χ0) is 16.6. The standard InChI is InChI=1S/C17H18N2O3S/c1-12-9-16(12)17-8-5-14(22-17)11-19(2)23(20,21)15-6-3-13(10-18)4-7-15/h3-8,12,16H,9,11H2,1-2H3. The summed E-state index contributed by atoms with van der Waals surface area (Å²) in [6, 6.07) is 11.6. The molecule has 1 aromatic heterocycles. The van der Waals surface area contributed by atoms with Gasteiger partial charge in [0.05, 0.1) is 23.1 Å². The molecule has 2 aromatic rings. The third-order valence-corrected chi connectivity index (χ3v) is 6.05. The summed E-state index contributed by atoms with van der Waals surface area (Å²) in [6.45, 7) is 2.36. The number of rotatable bonds is 5. The molecule has 1 aromatic carbocycles. The van der Waals surface area contributed by atoms with Crippen LogP contribution in [0.1, 0.15) is 36.3 Å².